The van der Waals surface area contributed by atoms with Gasteiger partial charge in [0.05, 0.1) is 25.4 Å². The van der Waals surface area contributed by atoms with Crippen LogP contribution in [0.1, 0.15) is 322 Å². The van der Waals surface area contributed by atoms with Crippen LogP contribution in [0.4, 0.5) is 0 Å². The lowest BCUT2D eigenvalue weighted by molar-refractivity contribution is -0.303. The minimum absolute atomic E-state index is 0.239. The molecule has 0 saturated carbocycles. The molecular formula is C70H131NO10. The molecule has 0 aromatic heterocycles. The van der Waals surface area contributed by atoms with Crippen LogP contribution in [0.25, 0.3) is 0 Å². The second-order valence-corrected chi connectivity index (χ2v) is 24.2. The third kappa shape index (κ3) is 46.0. The average Bonchev–Trinajstić information content (AvgIpc) is 3.49. The zero-order chi connectivity index (χ0) is 58.9. The van der Waals surface area contributed by atoms with E-state index >= 15 is 0 Å². The predicted octanol–water partition coefficient (Wildman–Crippen LogP) is 16.4. The molecule has 0 aliphatic carbocycles. The topological polar surface area (TPSA) is 189 Å². The molecule has 0 aromatic rings. The van der Waals surface area contributed by atoms with Crippen LogP contribution in [-0.2, 0) is 14.3 Å². The lowest BCUT2D eigenvalue weighted by atomic mass is 9.98. The first-order chi connectivity index (χ1) is 39.7. The summed E-state index contributed by atoms with van der Waals surface area (Å²) in [5.74, 6) is -0.714. The molecule has 9 atom stereocenters. The van der Waals surface area contributed by atoms with Gasteiger partial charge in [0.15, 0.2) is 6.29 Å². The molecule has 0 bridgehead atoms. The van der Waals surface area contributed by atoms with Gasteiger partial charge in [0.25, 0.3) is 0 Å². The van der Waals surface area contributed by atoms with Crippen molar-refractivity contribution >= 4 is 5.91 Å². The van der Waals surface area contributed by atoms with E-state index in [-0.39, 0.29) is 12.8 Å². The minimum Gasteiger partial charge on any atom is -0.394 e. The van der Waals surface area contributed by atoms with Crippen molar-refractivity contribution in [3.05, 3.63) is 48.6 Å². The number of carbonyl (C=O) groups is 1. The highest BCUT2D eigenvalue weighted by Crippen LogP contribution is 2.24. The second kappa shape index (κ2) is 58.5. The molecular weight excluding hydrogens is 1010 g/mol. The molecule has 1 saturated heterocycles. The van der Waals surface area contributed by atoms with Crippen molar-refractivity contribution in [2.75, 3.05) is 13.2 Å². The molecule has 8 N–H and O–H groups in total. The highest BCUT2D eigenvalue weighted by molar-refractivity contribution is 5.80. The molecule has 1 heterocycles. The van der Waals surface area contributed by atoms with Crippen LogP contribution in [0.3, 0.4) is 0 Å². The zero-order valence-corrected chi connectivity index (χ0v) is 52.5. The Morgan fingerprint density at radius 2 is 0.741 bits per heavy atom. The minimum atomic E-state index is -1.68. The number of unbranched alkanes of at least 4 members (excludes halogenated alkanes) is 40. The van der Waals surface area contributed by atoms with E-state index in [4.69, 9.17) is 9.47 Å². The summed E-state index contributed by atoms with van der Waals surface area (Å²) >= 11 is 0. The van der Waals surface area contributed by atoms with Gasteiger partial charge in [-0.1, -0.05) is 281 Å². The Labute approximate surface area is 498 Å². The van der Waals surface area contributed by atoms with E-state index < -0.39 is 74.2 Å². The van der Waals surface area contributed by atoms with Crippen molar-refractivity contribution in [3.63, 3.8) is 0 Å². The number of allylic oxidation sites excluding steroid dienone is 8. The molecule has 81 heavy (non-hydrogen) atoms. The fraction of sp³-hybridized carbons (Fsp3) is 0.871. The van der Waals surface area contributed by atoms with Gasteiger partial charge >= 0.3 is 0 Å². The van der Waals surface area contributed by atoms with E-state index in [0.29, 0.717) is 19.3 Å². The Balaban J connectivity index is 2.25. The first-order valence-electron chi connectivity index (χ1n) is 34.5. The van der Waals surface area contributed by atoms with Gasteiger partial charge in [-0.25, -0.2) is 0 Å². The van der Waals surface area contributed by atoms with Crippen LogP contribution in [0.15, 0.2) is 48.6 Å². The fourth-order valence-electron chi connectivity index (χ4n) is 11.0. The van der Waals surface area contributed by atoms with Crippen LogP contribution in [0.2, 0.25) is 0 Å². The number of rotatable bonds is 60. The monoisotopic (exact) mass is 1150 g/mol. The first kappa shape index (κ1) is 77.1. The zero-order valence-electron chi connectivity index (χ0n) is 52.5. The molecule has 0 radical (unpaired) electrons. The third-order valence-electron chi connectivity index (χ3n) is 16.6. The van der Waals surface area contributed by atoms with Gasteiger partial charge in [-0.3, -0.25) is 4.79 Å². The molecule has 9 unspecified atom stereocenters. The number of amides is 1. The van der Waals surface area contributed by atoms with E-state index in [2.05, 4.69) is 67.8 Å². The van der Waals surface area contributed by atoms with E-state index in [1.54, 1.807) is 0 Å². The van der Waals surface area contributed by atoms with Crippen molar-refractivity contribution < 1.29 is 50.0 Å². The van der Waals surface area contributed by atoms with Gasteiger partial charge < -0.3 is 50.5 Å². The molecule has 0 aromatic carbocycles. The highest BCUT2D eigenvalue weighted by atomic mass is 16.7. The van der Waals surface area contributed by atoms with Crippen LogP contribution in [0, 0.1) is 0 Å². The summed E-state index contributed by atoms with van der Waals surface area (Å²) in [7, 11) is 0. The summed E-state index contributed by atoms with van der Waals surface area (Å²) in [5, 5.41) is 76.4. The summed E-state index contributed by atoms with van der Waals surface area (Å²) in [5.41, 5.74) is 0. The summed E-state index contributed by atoms with van der Waals surface area (Å²) in [6.07, 6.45) is 64.8. The maximum atomic E-state index is 13.2. The average molecular weight is 1150 g/mol. The van der Waals surface area contributed by atoms with Crippen molar-refractivity contribution in [1.82, 2.24) is 5.32 Å². The number of hydrogen-bond acceptors (Lipinski definition) is 10. The SMILES string of the molecule is CCCCCCCCCCCCCC/C=C\CCCCCCCCC(O)C(=O)NC(COC1OC(CO)C(O)C(O)C1O)C(O)C(O)CCC/C=C/CC/C=C/CC/C=C/CCCCCCCCCCCCCCCCCCCCC. The number of nitrogens with one attached hydrogen (secondary N) is 1. The molecule has 1 amide bonds. The molecule has 11 nitrogen and oxygen atoms in total. The molecule has 1 rings (SSSR count). The van der Waals surface area contributed by atoms with Crippen LogP contribution in [0.5, 0.6) is 0 Å². The summed E-state index contributed by atoms with van der Waals surface area (Å²) in [6, 6.07) is -1.20. The van der Waals surface area contributed by atoms with Crippen LogP contribution < -0.4 is 5.32 Å². The molecule has 1 fully saturated rings. The van der Waals surface area contributed by atoms with Crippen LogP contribution >= 0.6 is 0 Å². The summed E-state index contributed by atoms with van der Waals surface area (Å²) in [4.78, 5) is 13.2. The molecule has 11 heteroatoms. The number of aliphatic hydroxyl groups excluding tert-OH is 7. The van der Waals surface area contributed by atoms with Gasteiger partial charge in [-0.15, -0.1) is 0 Å². The van der Waals surface area contributed by atoms with Gasteiger partial charge in [-0.2, -0.15) is 0 Å². The Hall–Kier alpha value is -1.93. The fourth-order valence-corrected chi connectivity index (χ4v) is 11.0. The maximum Gasteiger partial charge on any atom is 0.249 e. The highest BCUT2D eigenvalue weighted by Gasteiger charge is 2.44. The van der Waals surface area contributed by atoms with Crippen molar-refractivity contribution in [2.24, 2.45) is 0 Å². The molecule has 476 valence electrons. The van der Waals surface area contributed by atoms with Gasteiger partial charge in [0.1, 0.15) is 36.6 Å². The van der Waals surface area contributed by atoms with Crippen molar-refractivity contribution in [3.8, 4) is 0 Å². The number of ether oxygens (including phenoxy) is 2. The molecule has 0 spiro atoms. The van der Waals surface area contributed by atoms with E-state index in [1.165, 1.54) is 212 Å². The molecule has 1 aliphatic heterocycles. The Bertz CT molecular complexity index is 1460. The van der Waals surface area contributed by atoms with Crippen molar-refractivity contribution in [1.29, 1.82) is 0 Å². The Morgan fingerprint density at radius 3 is 1.10 bits per heavy atom. The van der Waals surface area contributed by atoms with Gasteiger partial charge in [0, 0.05) is 0 Å². The summed E-state index contributed by atoms with van der Waals surface area (Å²) in [6.45, 7) is 3.48. The predicted molar refractivity (Wildman–Crippen MR) is 339 cm³/mol. The van der Waals surface area contributed by atoms with Crippen molar-refractivity contribution in [2.45, 2.75) is 377 Å². The molecule has 1 aliphatic rings. The number of aliphatic hydroxyl groups is 7. The normalized spacial score (nSPS) is 19.4. The lowest BCUT2D eigenvalue weighted by Gasteiger charge is -2.40. The van der Waals surface area contributed by atoms with E-state index in [9.17, 15) is 40.5 Å². The second-order valence-electron chi connectivity index (χ2n) is 24.2. The van der Waals surface area contributed by atoms with Gasteiger partial charge in [-0.05, 0) is 89.9 Å². The van der Waals surface area contributed by atoms with E-state index in [1.807, 2.05) is 0 Å². The smallest absolute Gasteiger partial charge is 0.249 e. The number of hydrogen-bond donors (Lipinski definition) is 8. The first-order valence-corrected chi connectivity index (χ1v) is 34.5. The van der Waals surface area contributed by atoms with Gasteiger partial charge in [0.2, 0.25) is 5.91 Å². The number of carbonyl (C=O) groups excluding carboxylic acids is 1. The standard InChI is InChI=1S/C70H131NO10/c1-3-5-7-9-11-13-15-17-19-21-23-25-27-28-29-30-31-32-33-34-35-36-38-39-41-43-45-47-49-51-53-55-57-62(73)65(75)61(60-80-70-68(78)67(77)66(76)64(59-72)81-70)71-69(79)63(74)58-56-54-52-50-48-46-44-42-40-37-26-24-22-20-18-16-14-12-10-8-6-4-2/h35-36,40-43,49,51,61-68,70,72-78H,3-34,37-39,44-48,50,52-60H2,1-2H3,(H,71,79)/b36-35+,42-40-,43-41+,51-49+. The Morgan fingerprint density at radius 1 is 0.420 bits per heavy atom. The maximum absolute atomic E-state index is 13.2. The third-order valence-corrected chi connectivity index (χ3v) is 16.6. The van der Waals surface area contributed by atoms with Crippen LogP contribution in [-0.4, -0.2) is 110 Å². The quantitative estimate of drug-likeness (QED) is 0.0215. The van der Waals surface area contributed by atoms with E-state index in [0.717, 1.165) is 64.2 Å². The Kier molecular flexibility index (Phi) is 55.6. The lowest BCUT2D eigenvalue weighted by Crippen LogP contribution is -2.60. The summed E-state index contributed by atoms with van der Waals surface area (Å²) < 4.78 is 11.2. The largest absolute Gasteiger partial charge is 0.394 e.